The molecule has 0 spiro atoms. The van der Waals surface area contributed by atoms with Crippen molar-refractivity contribution < 1.29 is 14.3 Å². The minimum absolute atomic E-state index is 0.195. The van der Waals surface area contributed by atoms with Crippen molar-refractivity contribution in [1.82, 2.24) is 4.90 Å². The molecule has 1 atom stereocenters. The van der Waals surface area contributed by atoms with Gasteiger partial charge in [0.1, 0.15) is 6.61 Å². The van der Waals surface area contributed by atoms with E-state index in [1.165, 1.54) is 6.08 Å². The third kappa shape index (κ3) is 4.21. The highest BCUT2D eigenvalue weighted by Crippen LogP contribution is 2.23. The number of carbonyl (C=O) groups excluding carboxylic acids is 2. The Bertz CT molecular complexity index is 821. The van der Waals surface area contributed by atoms with Crippen LogP contribution in [0.1, 0.15) is 11.1 Å². The summed E-state index contributed by atoms with van der Waals surface area (Å²) in [6, 6.07) is 14.4. The second-order valence-electron chi connectivity index (χ2n) is 5.64. The van der Waals surface area contributed by atoms with Crippen LogP contribution in [0.25, 0.3) is 6.08 Å². The van der Waals surface area contributed by atoms with Crippen molar-refractivity contribution in [2.24, 2.45) is 0 Å². The quantitative estimate of drug-likeness (QED) is 0.733. The molecule has 0 N–H and O–H groups in total. The molecule has 0 unspecified atom stereocenters. The highest BCUT2D eigenvalue weighted by molar-refractivity contribution is 6.42. The van der Waals surface area contributed by atoms with E-state index in [0.717, 1.165) is 16.0 Å². The summed E-state index contributed by atoms with van der Waals surface area (Å²) in [5.41, 5.74) is 1.76. The second-order valence-corrected chi connectivity index (χ2v) is 6.45. The van der Waals surface area contributed by atoms with E-state index >= 15 is 0 Å². The Hall–Kier alpha value is -2.30. The fourth-order valence-corrected chi connectivity index (χ4v) is 2.94. The first kappa shape index (κ1) is 17.5. The van der Waals surface area contributed by atoms with Gasteiger partial charge < -0.3 is 4.74 Å². The van der Waals surface area contributed by atoms with Gasteiger partial charge in [-0.1, -0.05) is 59.6 Å². The fraction of sp³-hybridized carbons (Fsp3) is 0.158. The van der Waals surface area contributed by atoms with Crippen LogP contribution in [0.5, 0.6) is 0 Å². The highest BCUT2D eigenvalue weighted by Gasteiger charge is 2.36. The molecule has 2 amide bonds. The van der Waals surface area contributed by atoms with Gasteiger partial charge in [-0.3, -0.25) is 4.79 Å². The highest BCUT2D eigenvalue weighted by atomic mass is 35.5. The van der Waals surface area contributed by atoms with Gasteiger partial charge in [0.2, 0.25) is 0 Å². The van der Waals surface area contributed by atoms with Gasteiger partial charge in [0, 0.05) is 6.08 Å². The van der Waals surface area contributed by atoms with Crippen LogP contribution in [0.4, 0.5) is 4.79 Å². The monoisotopic (exact) mass is 375 g/mol. The van der Waals surface area contributed by atoms with Crippen LogP contribution in [0.2, 0.25) is 10.0 Å². The third-order valence-electron chi connectivity index (χ3n) is 3.87. The van der Waals surface area contributed by atoms with Crippen LogP contribution in [-0.2, 0) is 16.0 Å². The van der Waals surface area contributed by atoms with Gasteiger partial charge in [-0.15, -0.1) is 0 Å². The van der Waals surface area contributed by atoms with E-state index in [-0.39, 0.29) is 12.6 Å². The van der Waals surface area contributed by atoms with Crippen molar-refractivity contribution in [2.45, 2.75) is 12.5 Å². The number of hydrogen-bond donors (Lipinski definition) is 0. The van der Waals surface area contributed by atoms with E-state index in [2.05, 4.69) is 0 Å². The molecule has 3 rings (SSSR count). The van der Waals surface area contributed by atoms with Crippen LogP contribution in [0.3, 0.4) is 0 Å². The Balaban J connectivity index is 1.73. The molecule has 1 saturated heterocycles. The van der Waals surface area contributed by atoms with Gasteiger partial charge in [-0.25, -0.2) is 9.69 Å². The van der Waals surface area contributed by atoms with Gasteiger partial charge in [0.15, 0.2) is 0 Å². The summed E-state index contributed by atoms with van der Waals surface area (Å²) in [7, 11) is 0. The molecule has 0 radical (unpaired) electrons. The molecule has 1 aliphatic rings. The molecule has 1 heterocycles. The molecule has 25 heavy (non-hydrogen) atoms. The molecule has 2 aromatic rings. The zero-order valence-corrected chi connectivity index (χ0v) is 14.7. The molecule has 4 nitrogen and oxygen atoms in total. The maximum Gasteiger partial charge on any atom is 0.417 e. The van der Waals surface area contributed by atoms with Crippen LogP contribution in [-0.4, -0.2) is 29.5 Å². The average molecular weight is 376 g/mol. The van der Waals surface area contributed by atoms with Gasteiger partial charge in [-0.2, -0.15) is 0 Å². The van der Waals surface area contributed by atoms with Gasteiger partial charge >= 0.3 is 6.09 Å². The van der Waals surface area contributed by atoms with Crippen LogP contribution < -0.4 is 0 Å². The summed E-state index contributed by atoms with van der Waals surface area (Å²) in [6.07, 6.45) is 2.86. The van der Waals surface area contributed by atoms with Crippen molar-refractivity contribution >= 4 is 41.3 Å². The summed E-state index contributed by atoms with van der Waals surface area (Å²) in [5, 5.41) is 0.843. The molecule has 0 saturated carbocycles. The third-order valence-corrected chi connectivity index (χ3v) is 4.61. The van der Waals surface area contributed by atoms with Crippen molar-refractivity contribution in [1.29, 1.82) is 0 Å². The Morgan fingerprint density at radius 2 is 1.92 bits per heavy atom. The maximum atomic E-state index is 12.5. The van der Waals surface area contributed by atoms with Gasteiger partial charge in [0.05, 0.1) is 16.1 Å². The van der Waals surface area contributed by atoms with Crippen molar-refractivity contribution in [3.8, 4) is 0 Å². The molecule has 6 heteroatoms. The molecule has 1 fully saturated rings. The van der Waals surface area contributed by atoms with Crippen LogP contribution >= 0.6 is 23.2 Å². The molecular formula is C19H15Cl2NO3. The van der Waals surface area contributed by atoms with E-state index < -0.39 is 12.0 Å². The lowest BCUT2D eigenvalue weighted by Crippen LogP contribution is -2.39. The molecule has 0 aromatic heterocycles. The fourth-order valence-electron chi connectivity index (χ4n) is 2.63. The SMILES string of the molecule is O=C(/C=C/c1ccc(Cl)c(Cl)c1)N1C(=O)OC[C@H]1Cc1ccccc1. The summed E-state index contributed by atoms with van der Waals surface area (Å²) in [4.78, 5) is 25.6. The largest absolute Gasteiger partial charge is 0.447 e. The second kappa shape index (κ2) is 7.72. The molecular weight excluding hydrogens is 361 g/mol. The predicted molar refractivity (Wildman–Crippen MR) is 97.6 cm³/mol. The first-order valence-electron chi connectivity index (χ1n) is 7.71. The number of amides is 2. The van der Waals surface area contributed by atoms with Crippen molar-refractivity contribution in [3.63, 3.8) is 0 Å². The number of carbonyl (C=O) groups is 2. The number of benzene rings is 2. The molecule has 2 aromatic carbocycles. The van der Waals surface area contributed by atoms with E-state index in [9.17, 15) is 9.59 Å². The van der Waals surface area contributed by atoms with Crippen LogP contribution in [0.15, 0.2) is 54.6 Å². The number of cyclic esters (lactones) is 1. The number of rotatable bonds is 4. The minimum Gasteiger partial charge on any atom is -0.447 e. The average Bonchev–Trinajstić information content (AvgIpc) is 2.97. The number of halogens is 2. The van der Waals surface area contributed by atoms with Crippen molar-refractivity contribution in [3.05, 3.63) is 75.8 Å². The lowest BCUT2D eigenvalue weighted by molar-refractivity contribution is -0.124. The summed E-state index contributed by atoms with van der Waals surface area (Å²) in [6.45, 7) is 0.195. The molecule has 1 aliphatic heterocycles. The number of ether oxygens (including phenoxy) is 1. The summed E-state index contributed by atoms with van der Waals surface area (Å²) < 4.78 is 5.05. The molecule has 128 valence electrons. The zero-order valence-electron chi connectivity index (χ0n) is 13.2. The maximum absolute atomic E-state index is 12.5. The molecule has 0 aliphatic carbocycles. The van der Waals surface area contributed by atoms with E-state index in [4.69, 9.17) is 27.9 Å². The predicted octanol–water partition coefficient (Wildman–Crippen LogP) is 4.60. The van der Waals surface area contributed by atoms with Crippen molar-refractivity contribution in [2.75, 3.05) is 6.61 Å². The first-order chi connectivity index (χ1) is 12.0. The zero-order chi connectivity index (χ0) is 17.8. The van der Waals surface area contributed by atoms with Crippen LogP contribution in [0, 0.1) is 0 Å². The van der Waals surface area contributed by atoms with Gasteiger partial charge in [0.25, 0.3) is 5.91 Å². The molecule has 0 bridgehead atoms. The summed E-state index contributed by atoms with van der Waals surface area (Å²) in [5.74, 6) is -0.422. The topological polar surface area (TPSA) is 46.6 Å². The lowest BCUT2D eigenvalue weighted by atomic mass is 10.1. The number of hydrogen-bond acceptors (Lipinski definition) is 3. The Labute approximate surface area is 155 Å². The summed E-state index contributed by atoms with van der Waals surface area (Å²) >= 11 is 11.8. The first-order valence-corrected chi connectivity index (χ1v) is 8.47. The lowest BCUT2D eigenvalue weighted by Gasteiger charge is -2.18. The number of nitrogens with zero attached hydrogens (tertiary/aromatic N) is 1. The standard InChI is InChI=1S/C19H15Cl2NO3/c20-16-8-6-14(11-17(16)21)7-9-18(23)22-15(12-25-19(22)24)10-13-4-2-1-3-5-13/h1-9,11,15H,10,12H2/b9-7+/t15-/m1/s1. The van der Waals surface area contributed by atoms with E-state index in [1.54, 1.807) is 24.3 Å². The minimum atomic E-state index is -0.621. The van der Waals surface area contributed by atoms with E-state index in [1.807, 2.05) is 30.3 Å². The Morgan fingerprint density at radius 1 is 1.16 bits per heavy atom. The smallest absolute Gasteiger partial charge is 0.417 e. The van der Waals surface area contributed by atoms with E-state index in [0.29, 0.717) is 16.5 Å². The Kier molecular flexibility index (Phi) is 5.41. The normalized spacial score (nSPS) is 17.1. The Morgan fingerprint density at radius 3 is 2.64 bits per heavy atom. The van der Waals surface area contributed by atoms with Gasteiger partial charge in [-0.05, 0) is 35.8 Å². The number of imide groups is 1.